The second-order valence-corrected chi connectivity index (χ2v) is 18.5. The summed E-state index contributed by atoms with van der Waals surface area (Å²) < 4.78 is 24.1. The number of piperidine rings is 2. The molecule has 1 unspecified atom stereocenters. The number of para-hydroxylation sites is 1. The van der Waals surface area contributed by atoms with E-state index in [1.54, 1.807) is 32.6 Å². The lowest BCUT2D eigenvalue weighted by Crippen LogP contribution is -2.54. The summed E-state index contributed by atoms with van der Waals surface area (Å²) in [6, 6.07) is 16.9. The number of methoxy groups -OCH3 is 1. The molecule has 4 heterocycles. The van der Waals surface area contributed by atoms with Crippen LogP contribution in [0.5, 0.6) is 5.75 Å². The van der Waals surface area contributed by atoms with Crippen molar-refractivity contribution in [3.05, 3.63) is 95.3 Å². The van der Waals surface area contributed by atoms with E-state index in [1.807, 2.05) is 42.5 Å². The van der Waals surface area contributed by atoms with Crippen molar-refractivity contribution in [1.29, 1.82) is 0 Å². The molecule has 3 aromatic carbocycles. The number of imide groups is 2. The highest BCUT2D eigenvalue weighted by atomic mass is 35.5. The number of hydrogen-bond donors (Lipinski definition) is 5. The monoisotopic (exact) mass is 869 g/mol. The van der Waals surface area contributed by atoms with E-state index < -0.39 is 36.8 Å². The Morgan fingerprint density at radius 3 is 2.49 bits per heavy atom. The van der Waals surface area contributed by atoms with Crippen LogP contribution in [0.2, 0.25) is 5.02 Å². The molecular formula is C42H45ClN9O8P. The first-order chi connectivity index (χ1) is 29.3. The summed E-state index contributed by atoms with van der Waals surface area (Å²) in [4.78, 5) is 75.1. The van der Waals surface area contributed by atoms with Crippen molar-refractivity contribution in [2.75, 3.05) is 67.5 Å². The lowest BCUT2D eigenvalue weighted by molar-refractivity contribution is -0.136. The first-order valence-corrected chi connectivity index (χ1v) is 22.6. The van der Waals surface area contributed by atoms with Gasteiger partial charge in [-0.25, -0.2) is 4.98 Å². The van der Waals surface area contributed by atoms with Gasteiger partial charge in [-0.2, -0.15) is 4.98 Å². The minimum atomic E-state index is -2.58. The molecule has 1 atom stereocenters. The molecule has 2 saturated heterocycles. The minimum Gasteiger partial charge on any atom is -0.499 e. The van der Waals surface area contributed by atoms with E-state index in [2.05, 4.69) is 41.5 Å². The first-order valence-electron chi connectivity index (χ1n) is 19.6. The molecule has 5 amide bonds. The fraction of sp³-hybridized carbons (Fsp3) is 0.310. The number of nitrogens with zero attached hydrogens (tertiary/aromatic N) is 4. The largest absolute Gasteiger partial charge is 0.499 e. The fourth-order valence-electron chi connectivity index (χ4n) is 7.41. The number of halogens is 1. The van der Waals surface area contributed by atoms with Crippen molar-refractivity contribution in [1.82, 2.24) is 25.5 Å². The molecule has 0 aliphatic carbocycles. The van der Waals surface area contributed by atoms with Crippen molar-refractivity contribution < 1.29 is 38.0 Å². The molecule has 0 bridgehead atoms. The van der Waals surface area contributed by atoms with Gasteiger partial charge < -0.3 is 40.2 Å². The second kappa shape index (κ2) is 18.4. The van der Waals surface area contributed by atoms with Gasteiger partial charge in [-0.1, -0.05) is 29.8 Å². The molecular weight excluding hydrogens is 825 g/mol. The van der Waals surface area contributed by atoms with E-state index in [0.29, 0.717) is 52.0 Å². The fourth-order valence-corrected chi connectivity index (χ4v) is 8.70. The van der Waals surface area contributed by atoms with E-state index in [-0.39, 0.29) is 55.0 Å². The average molecular weight is 870 g/mol. The number of benzene rings is 3. The molecule has 4 aromatic rings. The van der Waals surface area contributed by atoms with E-state index in [1.165, 1.54) is 24.6 Å². The van der Waals surface area contributed by atoms with Gasteiger partial charge in [0.05, 0.1) is 42.1 Å². The Morgan fingerprint density at radius 2 is 1.74 bits per heavy atom. The normalized spacial score (nSPS) is 17.0. The minimum absolute atomic E-state index is 0.0310. The Morgan fingerprint density at radius 1 is 0.967 bits per heavy atom. The summed E-state index contributed by atoms with van der Waals surface area (Å²) in [5.74, 6) is -1.36. The highest BCUT2D eigenvalue weighted by molar-refractivity contribution is 7.70. The molecule has 19 heteroatoms. The van der Waals surface area contributed by atoms with Crippen LogP contribution in [0.3, 0.4) is 0 Å². The zero-order valence-electron chi connectivity index (χ0n) is 33.7. The number of anilines is 6. The van der Waals surface area contributed by atoms with Crippen LogP contribution in [-0.2, 0) is 23.7 Å². The van der Waals surface area contributed by atoms with E-state index in [4.69, 9.17) is 21.1 Å². The highest BCUT2D eigenvalue weighted by Crippen LogP contribution is 2.39. The lowest BCUT2D eigenvalue weighted by atomic mass is 10.0. The Balaban J connectivity index is 0.858. The van der Waals surface area contributed by atoms with E-state index in [9.17, 15) is 28.5 Å². The zero-order chi connectivity index (χ0) is 43.3. The Hall–Kier alpha value is -6.45. The lowest BCUT2D eigenvalue weighted by Gasteiger charge is -2.34. The van der Waals surface area contributed by atoms with Gasteiger partial charge in [0, 0.05) is 60.9 Å². The van der Waals surface area contributed by atoms with Crippen molar-refractivity contribution in [2.24, 2.45) is 0 Å². The van der Waals surface area contributed by atoms with Crippen molar-refractivity contribution >= 4 is 88.1 Å². The molecule has 0 radical (unpaired) electrons. The molecule has 7 rings (SSSR count). The number of rotatable bonds is 15. The molecule has 61 heavy (non-hydrogen) atoms. The average Bonchev–Trinajstić information content (AvgIpc) is 3.49. The van der Waals surface area contributed by atoms with Crippen LogP contribution in [0.25, 0.3) is 0 Å². The third-order valence-corrected chi connectivity index (χ3v) is 12.3. The maximum Gasteiger partial charge on any atom is 0.264 e. The van der Waals surface area contributed by atoms with Crippen LogP contribution >= 0.6 is 18.7 Å². The Labute approximate surface area is 357 Å². The molecule has 318 valence electrons. The molecule has 1 aromatic heterocycles. The highest BCUT2D eigenvalue weighted by Gasteiger charge is 2.45. The predicted molar refractivity (Wildman–Crippen MR) is 232 cm³/mol. The topological polar surface area (TPSA) is 213 Å². The third-order valence-electron chi connectivity index (χ3n) is 10.4. The maximum absolute atomic E-state index is 13.3. The van der Waals surface area contributed by atoms with Gasteiger partial charge in [-0.15, -0.1) is 0 Å². The zero-order valence-corrected chi connectivity index (χ0v) is 35.3. The van der Waals surface area contributed by atoms with E-state index in [0.717, 1.165) is 23.4 Å². The first kappa shape index (κ1) is 42.7. The van der Waals surface area contributed by atoms with Crippen LogP contribution in [0.15, 0.2) is 79.2 Å². The summed E-state index contributed by atoms with van der Waals surface area (Å²) >= 11 is 6.44. The number of fused-ring (bicyclic) bond motifs is 1. The number of carbonyl (C=O) groups is 5. The summed E-state index contributed by atoms with van der Waals surface area (Å²) in [6.45, 7) is 5.24. The van der Waals surface area contributed by atoms with Gasteiger partial charge in [0.15, 0.2) is 5.82 Å². The predicted octanol–water partition coefficient (Wildman–Crippen LogP) is 5.00. The third kappa shape index (κ3) is 9.79. The summed E-state index contributed by atoms with van der Waals surface area (Å²) in [7, 11) is -0.992. The van der Waals surface area contributed by atoms with Crippen molar-refractivity contribution in [3.8, 4) is 5.75 Å². The number of ether oxygens (including phenoxy) is 2. The maximum atomic E-state index is 13.3. The van der Waals surface area contributed by atoms with Gasteiger partial charge in [-0.05, 0) is 69.0 Å². The van der Waals surface area contributed by atoms with Crippen LogP contribution in [-0.4, -0.2) is 103 Å². The summed E-state index contributed by atoms with van der Waals surface area (Å²) in [6.07, 6.45) is 5.67. The summed E-state index contributed by atoms with van der Waals surface area (Å²) in [5, 5.41) is 15.7. The van der Waals surface area contributed by atoms with Gasteiger partial charge in [-0.3, -0.25) is 34.2 Å². The van der Waals surface area contributed by atoms with E-state index >= 15 is 0 Å². The van der Waals surface area contributed by atoms with Crippen LogP contribution in [0.1, 0.15) is 46.4 Å². The standard InChI is InChI=1S/C42H45ClN9O8P/c1-59-33-23-26(11-12-29(33)48-42-45-24-28(43)38(50-42)47-30-8-4-5-10-34(30)61(2,3)58)51-19-15-25(16-20-51)46-36(54)17-21-60-22-18-44-31-9-6-7-27-37(31)41(57)52(40(27)56)32-13-14-35(53)49-39(32)55/h4-12,17,21,23-25,32,44H,13-16,18-20,22H2,1-3H3,(H,46,54)(H,49,53,55)(H2,45,47,48,50). The van der Waals surface area contributed by atoms with Gasteiger partial charge in [0.25, 0.3) is 11.8 Å². The van der Waals surface area contributed by atoms with Crippen LogP contribution < -0.4 is 41.5 Å². The van der Waals surface area contributed by atoms with Gasteiger partial charge >= 0.3 is 0 Å². The van der Waals surface area contributed by atoms with Gasteiger partial charge in [0.2, 0.25) is 23.7 Å². The van der Waals surface area contributed by atoms with Crippen LogP contribution in [0, 0.1) is 0 Å². The number of amides is 5. The number of hydrogen-bond acceptors (Lipinski definition) is 14. The molecule has 17 nitrogen and oxygen atoms in total. The van der Waals surface area contributed by atoms with Crippen molar-refractivity contribution in [2.45, 2.75) is 37.8 Å². The second-order valence-electron chi connectivity index (χ2n) is 14.9. The Bertz CT molecular complexity index is 2450. The van der Waals surface area contributed by atoms with Crippen LogP contribution in [0.4, 0.5) is 34.5 Å². The number of nitrogens with one attached hydrogen (secondary N) is 5. The van der Waals surface area contributed by atoms with Gasteiger partial charge in [0.1, 0.15) is 30.6 Å². The van der Waals surface area contributed by atoms with Crippen molar-refractivity contribution in [3.63, 3.8) is 0 Å². The number of aromatic nitrogens is 2. The molecule has 0 spiro atoms. The number of carbonyl (C=O) groups excluding carboxylic acids is 5. The molecule has 3 aliphatic rings. The molecule has 2 fully saturated rings. The molecule has 0 saturated carbocycles. The quantitative estimate of drug-likeness (QED) is 0.0350. The SMILES string of the molecule is COc1cc(N2CCC(NC(=O)C=COCCNc3cccc4c3C(=O)N(C3CCC(=O)NC3=O)C4=O)CC2)ccc1Nc1ncc(Cl)c(Nc2ccccc2P(C)(C)=O)n1. The Kier molecular flexibility index (Phi) is 12.9. The molecule has 3 aliphatic heterocycles. The summed E-state index contributed by atoms with van der Waals surface area (Å²) in [5.41, 5.74) is 2.99. The smallest absolute Gasteiger partial charge is 0.264 e. The molecule has 5 N–H and O–H groups in total.